The van der Waals surface area contributed by atoms with Crippen LogP contribution in [0.2, 0.25) is 0 Å². The molecule has 0 saturated heterocycles. The number of carboxylic acid groups (broad SMARTS) is 1. The SMILES string of the molecule is O=C(O)[C@H]1CCc2cc(=O)n3nc(-c4ccccc4)nc3n21. The highest BCUT2D eigenvalue weighted by atomic mass is 16.4. The maximum atomic E-state index is 12.2. The molecule has 3 heterocycles. The van der Waals surface area contributed by atoms with Crippen molar-refractivity contribution in [3.8, 4) is 11.4 Å². The van der Waals surface area contributed by atoms with Crippen molar-refractivity contribution in [3.05, 3.63) is 52.4 Å². The van der Waals surface area contributed by atoms with E-state index in [1.54, 1.807) is 4.57 Å². The number of carboxylic acids is 1. The van der Waals surface area contributed by atoms with Crippen LogP contribution in [0.15, 0.2) is 41.2 Å². The number of nitrogens with zero attached hydrogens (tertiary/aromatic N) is 4. The molecule has 22 heavy (non-hydrogen) atoms. The maximum absolute atomic E-state index is 12.2. The lowest BCUT2D eigenvalue weighted by Gasteiger charge is -2.10. The van der Waals surface area contributed by atoms with Crippen LogP contribution in [0.4, 0.5) is 0 Å². The average molecular weight is 296 g/mol. The van der Waals surface area contributed by atoms with Gasteiger partial charge >= 0.3 is 5.97 Å². The fraction of sp³-hybridized carbons (Fsp3) is 0.200. The summed E-state index contributed by atoms with van der Waals surface area (Å²) in [5.74, 6) is -0.227. The Labute approximate surface area is 124 Å². The molecule has 1 aliphatic heterocycles. The van der Waals surface area contributed by atoms with E-state index >= 15 is 0 Å². The molecule has 7 nitrogen and oxygen atoms in total. The Morgan fingerprint density at radius 2 is 2.05 bits per heavy atom. The second-order valence-electron chi connectivity index (χ2n) is 5.25. The molecule has 3 aromatic rings. The number of hydrogen-bond donors (Lipinski definition) is 1. The second-order valence-corrected chi connectivity index (χ2v) is 5.25. The normalized spacial score (nSPS) is 16.8. The summed E-state index contributed by atoms with van der Waals surface area (Å²) >= 11 is 0. The third-order valence-electron chi connectivity index (χ3n) is 3.92. The van der Waals surface area contributed by atoms with E-state index in [0.717, 1.165) is 5.56 Å². The van der Waals surface area contributed by atoms with Crippen LogP contribution < -0.4 is 5.56 Å². The van der Waals surface area contributed by atoms with Gasteiger partial charge in [-0.1, -0.05) is 30.3 Å². The topological polar surface area (TPSA) is 89.5 Å². The predicted octanol–water partition coefficient (Wildman–Crippen LogP) is 1.13. The number of aliphatic carboxylic acids is 1. The van der Waals surface area contributed by atoms with E-state index in [4.69, 9.17) is 0 Å². The highest BCUT2D eigenvalue weighted by Gasteiger charge is 2.31. The van der Waals surface area contributed by atoms with Crippen molar-refractivity contribution in [2.45, 2.75) is 18.9 Å². The molecule has 1 aromatic carbocycles. The predicted molar refractivity (Wildman–Crippen MR) is 77.7 cm³/mol. The van der Waals surface area contributed by atoms with Crippen LogP contribution in [0.25, 0.3) is 17.2 Å². The van der Waals surface area contributed by atoms with Gasteiger partial charge in [0.25, 0.3) is 5.56 Å². The second kappa shape index (κ2) is 4.52. The lowest BCUT2D eigenvalue weighted by atomic mass is 10.2. The van der Waals surface area contributed by atoms with Gasteiger partial charge in [0.15, 0.2) is 5.82 Å². The van der Waals surface area contributed by atoms with Gasteiger partial charge in [-0.3, -0.25) is 9.36 Å². The van der Waals surface area contributed by atoms with Crippen molar-refractivity contribution in [2.24, 2.45) is 0 Å². The van der Waals surface area contributed by atoms with Gasteiger partial charge in [0.1, 0.15) is 6.04 Å². The lowest BCUT2D eigenvalue weighted by molar-refractivity contribution is -0.140. The zero-order chi connectivity index (χ0) is 15.3. The molecule has 0 saturated carbocycles. The summed E-state index contributed by atoms with van der Waals surface area (Å²) in [4.78, 5) is 28.0. The Morgan fingerprint density at radius 3 is 2.77 bits per heavy atom. The highest BCUT2D eigenvalue weighted by molar-refractivity contribution is 5.73. The largest absolute Gasteiger partial charge is 0.480 e. The van der Waals surface area contributed by atoms with Crippen molar-refractivity contribution < 1.29 is 9.90 Å². The molecule has 0 spiro atoms. The summed E-state index contributed by atoms with van der Waals surface area (Å²) in [5, 5.41) is 13.6. The highest BCUT2D eigenvalue weighted by Crippen LogP contribution is 2.27. The van der Waals surface area contributed by atoms with Crippen molar-refractivity contribution >= 4 is 11.7 Å². The third-order valence-corrected chi connectivity index (χ3v) is 3.92. The molecule has 1 atom stereocenters. The number of hydrogen-bond acceptors (Lipinski definition) is 4. The van der Waals surface area contributed by atoms with Crippen LogP contribution in [0.3, 0.4) is 0 Å². The minimum Gasteiger partial charge on any atom is -0.480 e. The number of fused-ring (bicyclic) bond motifs is 3. The molecular weight excluding hydrogens is 284 g/mol. The zero-order valence-corrected chi connectivity index (χ0v) is 11.5. The number of aryl methyl sites for hydroxylation is 1. The van der Waals surface area contributed by atoms with Crippen LogP contribution in [0.5, 0.6) is 0 Å². The first-order valence-electron chi connectivity index (χ1n) is 6.94. The Bertz CT molecular complexity index is 943. The van der Waals surface area contributed by atoms with Gasteiger partial charge in [0.05, 0.1) is 0 Å². The first-order valence-corrected chi connectivity index (χ1v) is 6.94. The first-order chi connectivity index (χ1) is 10.6. The Morgan fingerprint density at radius 1 is 1.27 bits per heavy atom. The Balaban J connectivity index is 2.01. The average Bonchev–Trinajstić information content (AvgIpc) is 3.11. The molecule has 0 amide bonds. The van der Waals surface area contributed by atoms with E-state index in [2.05, 4.69) is 10.1 Å². The van der Waals surface area contributed by atoms with Gasteiger partial charge in [-0.2, -0.15) is 9.50 Å². The van der Waals surface area contributed by atoms with Crippen LogP contribution in [0, 0.1) is 0 Å². The molecule has 0 bridgehead atoms. The van der Waals surface area contributed by atoms with Gasteiger partial charge in [-0.15, -0.1) is 5.10 Å². The zero-order valence-electron chi connectivity index (χ0n) is 11.5. The number of carbonyl (C=O) groups is 1. The molecular formula is C15H12N4O3. The van der Waals surface area contributed by atoms with Crippen molar-refractivity contribution in [2.75, 3.05) is 0 Å². The number of rotatable bonds is 2. The summed E-state index contributed by atoms with van der Waals surface area (Å²) in [6.07, 6.45) is 1.01. The van der Waals surface area contributed by atoms with E-state index < -0.39 is 12.0 Å². The summed E-state index contributed by atoms with van der Waals surface area (Å²) in [5.41, 5.74) is 1.18. The summed E-state index contributed by atoms with van der Waals surface area (Å²) in [6, 6.07) is 10.0. The molecule has 0 fully saturated rings. The number of aromatic nitrogens is 4. The minimum atomic E-state index is -0.923. The van der Waals surface area contributed by atoms with Gasteiger partial charge in [0, 0.05) is 17.3 Å². The Hall–Kier alpha value is -2.96. The number of benzene rings is 1. The van der Waals surface area contributed by atoms with Crippen LogP contribution in [0.1, 0.15) is 18.2 Å². The van der Waals surface area contributed by atoms with Crippen LogP contribution >= 0.6 is 0 Å². The maximum Gasteiger partial charge on any atom is 0.326 e. The van der Waals surface area contributed by atoms with E-state index in [1.807, 2.05) is 30.3 Å². The molecule has 0 unspecified atom stereocenters. The minimum absolute atomic E-state index is 0.284. The standard InChI is InChI=1S/C15H12N4O3/c20-12-8-10-6-7-11(14(21)22)18(10)15-16-13(17-19(12)15)9-4-2-1-3-5-9/h1-5,8,11H,6-7H2,(H,21,22)/t11-/m1/s1. The van der Waals surface area contributed by atoms with E-state index in [1.165, 1.54) is 10.6 Å². The lowest BCUT2D eigenvalue weighted by Crippen LogP contribution is -2.23. The first kappa shape index (κ1) is 12.8. The molecule has 1 N–H and O–H groups in total. The van der Waals surface area contributed by atoms with Gasteiger partial charge in [0.2, 0.25) is 5.78 Å². The summed E-state index contributed by atoms with van der Waals surface area (Å²) in [6.45, 7) is 0. The van der Waals surface area contributed by atoms with E-state index in [0.29, 0.717) is 24.4 Å². The molecule has 0 radical (unpaired) electrons. The monoisotopic (exact) mass is 296 g/mol. The van der Waals surface area contributed by atoms with Gasteiger partial charge < -0.3 is 5.11 Å². The molecule has 4 rings (SSSR count). The molecule has 110 valence electrons. The van der Waals surface area contributed by atoms with E-state index in [9.17, 15) is 14.7 Å². The van der Waals surface area contributed by atoms with Crippen molar-refractivity contribution in [1.29, 1.82) is 0 Å². The fourth-order valence-electron chi connectivity index (χ4n) is 2.90. The molecule has 7 heteroatoms. The Kier molecular flexibility index (Phi) is 2.62. The van der Waals surface area contributed by atoms with E-state index in [-0.39, 0.29) is 11.3 Å². The smallest absolute Gasteiger partial charge is 0.326 e. The van der Waals surface area contributed by atoms with Crippen molar-refractivity contribution in [1.82, 2.24) is 19.2 Å². The van der Waals surface area contributed by atoms with Crippen molar-refractivity contribution in [3.63, 3.8) is 0 Å². The van der Waals surface area contributed by atoms with Crippen LogP contribution in [-0.4, -0.2) is 30.2 Å². The third kappa shape index (κ3) is 1.75. The van der Waals surface area contributed by atoms with Gasteiger partial charge in [-0.25, -0.2) is 4.79 Å². The van der Waals surface area contributed by atoms with Crippen LogP contribution in [-0.2, 0) is 11.2 Å². The molecule has 0 aliphatic carbocycles. The van der Waals surface area contributed by atoms with Gasteiger partial charge in [-0.05, 0) is 12.8 Å². The molecule has 1 aliphatic rings. The molecule has 2 aromatic heterocycles. The quantitative estimate of drug-likeness (QED) is 0.765. The summed E-state index contributed by atoms with van der Waals surface area (Å²) < 4.78 is 2.77. The fourth-order valence-corrected chi connectivity index (χ4v) is 2.90. The summed E-state index contributed by atoms with van der Waals surface area (Å²) in [7, 11) is 0.